The molecule has 0 saturated heterocycles. The average molecular weight is 567 g/mol. The van der Waals surface area contributed by atoms with E-state index in [1.165, 1.54) is 13.2 Å². The standard InChI is InChI=1S/C33H27ClN2O5/c1-40-33(39)30(17-21-7-14-27(15-8-21)41-20-22-5-3-2-4-6-22)36-32(38)28-19-25-18-24(11-16-29(25)35-31(28)37)23-9-12-26(34)13-10-23/h2-16,18-19,30H,17,20H2,1H3,(H,35,37)(H,36,38)/t30-/m0/s1. The molecule has 5 aromatic rings. The van der Waals surface area contributed by atoms with Crippen molar-refractivity contribution in [3.05, 3.63) is 135 Å². The highest BCUT2D eigenvalue weighted by Gasteiger charge is 2.24. The van der Waals surface area contributed by atoms with Crippen LogP contribution < -0.4 is 15.6 Å². The number of aromatic amines is 1. The highest BCUT2D eigenvalue weighted by atomic mass is 35.5. The number of esters is 1. The first kappa shape index (κ1) is 27.7. The Hall–Kier alpha value is -4.88. The minimum Gasteiger partial charge on any atom is -0.489 e. The summed E-state index contributed by atoms with van der Waals surface area (Å²) in [5, 5.41) is 3.97. The lowest BCUT2D eigenvalue weighted by atomic mass is 10.0. The molecular formula is C33H27ClN2O5. The predicted molar refractivity (Wildman–Crippen MR) is 159 cm³/mol. The Balaban J connectivity index is 1.31. The number of fused-ring (bicyclic) bond motifs is 1. The summed E-state index contributed by atoms with van der Waals surface area (Å²) in [6.45, 7) is 0.433. The van der Waals surface area contributed by atoms with Crippen LogP contribution in [-0.2, 0) is 22.6 Å². The number of aromatic nitrogens is 1. The van der Waals surface area contributed by atoms with E-state index in [9.17, 15) is 14.4 Å². The van der Waals surface area contributed by atoms with Crippen molar-refractivity contribution < 1.29 is 19.1 Å². The Labute approximate surface area is 241 Å². The van der Waals surface area contributed by atoms with Crippen LogP contribution in [0.25, 0.3) is 22.0 Å². The van der Waals surface area contributed by atoms with Crippen LogP contribution in [0.1, 0.15) is 21.5 Å². The first-order valence-electron chi connectivity index (χ1n) is 13.0. The van der Waals surface area contributed by atoms with Crippen molar-refractivity contribution in [2.45, 2.75) is 19.1 Å². The first-order chi connectivity index (χ1) is 19.9. The molecule has 0 aliphatic rings. The third kappa shape index (κ3) is 6.83. The van der Waals surface area contributed by atoms with Crippen LogP contribution in [0.15, 0.2) is 108 Å². The number of carbonyl (C=O) groups excluding carboxylic acids is 2. The number of carbonyl (C=O) groups is 2. The van der Waals surface area contributed by atoms with Crippen molar-refractivity contribution in [2.75, 3.05) is 7.11 Å². The van der Waals surface area contributed by atoms with Gasteiger partial charge in [-0.2, -0.15) is 0 Å². The number of hydrogen-bond donors (Lipinski definition) is 2. The molecule has 1 aromatic heterocycles. The molecule has 0 aliphatic carbocycles. The van der Waals surface area contributed by atoms with E-state index >= 15 is 0 Å². The van der Waals surface area contributed by atoms with Crippen LogP contribution in [0, 0.1) is 0 Å². The van der Waals surface area contributed by atoms with Crippen LogP contribution >= 0.6 is 11.6 Å². The zero-order chi connectivity index (χ0) is 28.8. The van der Waals surface area contributed by atoms with E-state index in [0.29, 0.717) is 28.3 Å². The summed E-state index contributed by atoms with van der Waals surface area (Å²) in [5.74, 6) is -0.620. The number of methoxy groups -OCH3 is 1. The molecule has 206 valence electrons. The predicted octanol–water partition coefficient (Wildman–Crippen LogP) is 5.94. The Bertz CT molecular complexity index is 1730. The summed E-state index contributed by atoms with van der Waals surface area (Å²) in [4.78, 5) is 41.3. The van der Waals surface area contributed by atoms with E-state index in [4.69, 9.17) is 21.1 Å². The molecule has 0 aliphatic heterocycles. The Kier molecular flexibility index (Phi) is 8.46. The Morgan fingerprint density at radius 3 is 2.27 bits per heavy atom. The van der Waals surface area contributed by atoms with Crippen molar-refractivity contribution in [3.63, 3.8) is 0 Å². The highest BCUT2D eigenvalue weighted by molar-refractivity contribution is 6.30. The average Bonchev–Trinajstić information content (AvgIpc) is 3.00. The zero-order valence-electron chi connectivity index (χ0n) is 22.2. The van der Waals surface area contributed by atoms with Crippen LogP contribution in [0.3, 0.4) is 0 Å². The van der Waals surface area contributed by atoms with Crippen LogP contribution in [0.4, 0.5) is 0 Å². The van der Waals surface area contributed by atoms with E-state index in [1.54, 1.807) is 30.3 Å². The summed E-state index contributed by atoms with van der Waals surface area (Å²) in [6, 6.07) is 30.5. The monoisotopic (exact) mass is 566 g/mol. The number of pyridine rings is 1. The maximum atomic E-state index is 13.2. The van der Waals surface area contributed by atoms with Gasteiger partial charge in [-0.3, -0.25) is 9.59 Å². The largest absolute Gasteiger partial charge is 0.489 e. The van der Waals surface area contributed by atoms with Gasteiger partial charge in [0.1, 0.15) is 24.0 Å². The fraction of sp³-hybridized carbons (Fsp3) is 0.121. The number of rotatable bonds is 9. The molecule has 8 heteroatoms. The van der Waals surface area contributed by atoms with Crippen LogP contribution in [-0.4, -0.2) is 30.0 Å². The molecular weight excluding hydrogens is 540 g/mol. The second kappa shape index (κ2) is 12.5. The number of ether oxygens (including phenoxy) is 2. The van der Waals surface area contributed by atoms with E-state index < -0.39 is 23.5 Å². The van der Waals surface area contributed by atoms with Gasteiger partial charge in [-0.25, -0.2) is 4.79 Å². The van der Waals surface area contributed by atoms with Gasteiger partial charge in [0, 0.05) is 17.0 Å². The molecule has 0 spiro atoms. The lowest BCUT2D eigenvalue weighted by Crippen LogP contribution is -2.44. The normalized spacial score (nSPS) is 11.6. The van der Waals surface area contributed by atoms with E-state index in [1.807, 2.05) is 66.7 Å². The molecule has 0 saturated carbocycles. The minimum atomic E-state index is -1.00. The van der Waals surface area contributed by atoms with Crippen molar-refractivity contribution in [3.8, 4) is 16.9 Å². The molecule has 0 unspecified atom stereocenters. The molecule has 41 heavy (non-hydrogen) atoms. The summed E-state index contributed by atoms with van der Waals surface area (Å²) in [5.41, 5.74) is 3.60. The number of amides is 1. The van der Waals surface area contributed by atoms with Crippen molar-refractivity contribution >= 4 is 34.4 Å². The van der Waals surface area contributed by atoms with Gasteiger partial charge >= 0.3 is 5.97 Å². The highest BCUT2D eigenvalue weighted by Crippen LogP contribution is 2.25. The second-order valence-corrected chi connectivity index (χ2v) is 9.93. The molecule has 0 bridgehead atoms. The lowest BCUT2D eigenvalue weighted by molar-refractivity contribution is -0.142. The summed E-state index contributed by atoms with van der Waals surface area (Å²) >= 11 is 6.01. The molecule has 0 fully saturated rings. The van der Waals surface area contributed by atoms with E-state index in [0.717, 1.165) is 22.3 Å². The summed E-state index contributed by atoms with van der Waals surface area (Å²) in [7, 11) is 1.25. The lowest BCUT2D eigenvalue weighted by Gasteiger charge is -2.17. The number of benzene rings is 4. The molecule has 1 atom stereocenters. The second-order valence-electron chi connectivity index (χ2n) is 9.49. The SMILES string of the molecule is COC(=O)[C@H](Cc1ccc(OCc2ccccc2)cc1)NC(=O)c1cc2cc(-c3ccc(Cl)cc3)ccc2[nH]c1=O. The van der Waals surface area contributed by atoms with Crippen molar-refractivity contribution in [1.82, 2.24) is 10.3 Å². The number of nitrogens with one attached hydrogen (secondary N) is 2. The third-order valence-electron chi connectivity index (χ3n) is 6.67. The molecule has 1 amide bonds. The fourth-order valence-corrected chi connectivity index (χ4v) is 4.59. The van der Waals surface area contributed by atoms with Gasteiger partial charge in [0.15, 0.2) is 0 Å². The smallest absolute Gasteiger partial charge is 0.328 e. The molecule has 1 heterocycles. The number of hydrogen-bond acceptors (Lipinski definition) is 5. The molecule has 0 radical (unpaired) electrons. The molecule has 7 nitrogen and oxygen atoms in total. The van der Waals surface area contributed by atoms with Crippen molar-refractivity contribution in [1.29, 1.82) is 0 Å². The van der Waals surface area contributed by atoms with Gasteiger partial charge in [0.05, 0.1) is 7.11 Å². The topological polar surface area (TPSA) is 97.5 Å². The Morgan fingerprint density at radius 1 is 0.854 bits per heavy atom. The van der Waals surface area contributed by atoms with Crippen LogP contribution in [0.5, 0.6) is 5.75 Å². The quantitative estimate of drug-likeness (QED) is 0.215. The number of halogens is 1. The minimum absolute atomic E-state index is 0.107. The van der Waals surface area contributed by atoms with Gasteiger partial charge in [0.2, 0.25) is 0 Å². The van der Waals surface area contributed by atoms with Gasteiger partial charge < -0.3 is 19.8 Å². The fourth-order valence-electron chi connectivity index (χ4n) is 4.47. The van der Waals surface area contributed by atoms with Gasteiger partial charge in [0.25, 0.3) is 11.5 Å². The number of H-pyrrole nitrogens is 1. The van der Waals surface area contributed by atoms with Crippen molar-refractivity contribution in [2.24, 2.45) is 0 Å². The van der Waals surface area contributed by atoms with Gasteiger partial charge in [-0.05, 0) is 70.1 Å². The molecule has 4 aromatic carbocycles. The first-order valence-corrected chi connectivity index (χ1v) is 13.3. The molecule has 5 rings (SSSR count). The van der Waals surface area contributed by atoms with Crippen LogP contribution in [0.2, 0.25) is 5.02 Å². The van der Waals surface area contributed by atoms with Gasteiger partial charge in [-0.1, -0.05) is 72.3 Å². The van der Waals surface area contributed by atoms with E-state index in [-0.39, 0.29) is 12.0 Å². The Morgan fingerprint density at radius 2 is 1.56 bits per heavy atom. The molecule has 2 N–H and O–H groups in total. The summed E-state index contributed by atoms with van der Waals surface area (Å²) < 4.78 is 10.8. The third-order valence-corrected chi connectivity index (χ3v) is 6.92. The van der Waals surface area contributed by atoms with Gasteiger partial charge in [-0.15, -0.1) is 0 Å². The maximum Gasteiger partial charge on any atom is 0.328 e. The zero-order valence-corrected chi connectivity index (χ0v) is 23.0. The van der Waals surface area contributed by atoms with E-state index in [2.05, 4.69) is 10.3 Å². The summed E-state index contributed by atoms with van der Waals surface area (Å²) in [6.07, 6.45) is 0.170. The maximum absolute atomic E-state index is 13.2.